The minimum absolute atomic E-state index is 0.191. The highest BCUT2D eigenvalue weighted by Gasteiger charge is 2.32. The molecule has 5 heteroatoms. The van der Waals surface area contributed by atoms with Gasteiger partial charge in [0.2, 0.25) is 0 Å². The standard InChI is InChI=1S/C16H23F3N2/c1-3-21-7-5-4-6-11(10-20-2)16(21)12-8-14(18)15(19)9-13(12)17/h8-9,11,16,20H,3-7,10H2,1-2H3. The summed E-state index contributed by atoms with van der Waals surface area (Å²) >= 11 is 0. The zero-order valence-corrected chi connectivity index (χ0v) is 12.6. The second-order valence-electron chi connectivity index (χ2n) is 5.67. The topological polar surface area (TPSA) is 15.3 Å². The van der Waals surface area contributed by atoms with E-state index in [4.69, 9.17) is 0 Å². The first-order valence-corrected chi connectivity index (χ1v) is 7.61. The van der Waals surface area contributed by atoms with Crippen LogP contribution >= 0.6 is 0 Å². The molecule has 2 rings (SSSR count). The third-order valence-corrected chi connectivity index (χ3v) is 4.34. The van der Waals surface area contributed by atoms with Crippen molar-refractivity contribution in [3.8, 4) is 0 Å². The van der Waals surface area contributed by atoms with Crippen LogP contribution < -0.4 is 5.32 Å². The number of hydrogen-bond donors (Lipinski definition) is 1. The zero-order valence-electron chi connectivity index (χ0n) is 12.6. The Kier molecular flexibility index (Phi) is 5.65. The SMILES string of the molecule is CCN1CCCCC(CNC)C1c1cc(F)c(F)cc1F. The fourth-order valence-corrected chi connectivity index (χ4v) is 3.36. The molecule has 2 atom stereocenters. The van der Waals surface area contributed by atoms with Gasteiger partial charge in [0.25, 0.3) is 0 Å². The molecular formula is C16H23F3N2. The Morgan fingerprint density at radius 3 is 2.52 bits per heavy atom. The van der Waals surface area contributed by atoms with Gasteiger partial charge in [0.1, 0.15) is 5.82 Å². The predicted molar refractivity (Wildman–Crippen MR) is 77.6 cm³/mol. The number of nitrogens with zero attached hydrogens (tertiary/aromatic N) is 1. The Labute approximate surface area is 124 Å². The van der Waals surface area contributed by atoms with Crippen LogP contribution in [0.3, 0.4) is 0 Å². The molecule has 0 radical (unpaired) electrons. The van der Waals surface area contributed by atoms with E-state index in [9.17, 15) is 13.2 Å². The molecule has 1 saturated heterocycles. The third-order valence-electron chi connectivity index (χ3n) is 4.34. The number of likely N-dealkylation sites (tertiary alicyclic amines) is 1. The van der Waals surface area contributed by atoms with Crippen molar-refractivity contribution in [1.82, 2.24) is 10.2 Å². The fraction of sp³-hybridized carbons (Fsp3) is 0.625. The summed E-state index contributed by atoms with van der Waals surface area (Å²) in [6.45, 7) is 4.38. The molecule has 1 N–H and O–H groups in total. The average Bonchev–Trinajstić information content (AvgIpc) is 2.65. The van der Waals surface area contributed by atoms with E-state index in [1.807, 2.05) is 14.0 Å². The van der Waals surface area contributed by atoms with Crippen LogP contribution in [0.5, 0.6) is 0 Å². The van der Waals surface area contributed by atoms with Gasteiger partial charge in [-0.1, -0.05) is 13.3 Å². The van der Waals surface area contributed by atoms with Crippen molar-refractivity contribution in [3.63, 3.8) is 0 Å². The smallest absolute Gasteiger partial charge is 0.161 e. The molecule has 118 valence electrons. The highest BCUT2D eigenvalue weighted by atomic mass is 19.2. The van der Waals surface area contributed by atoms with E-state index in [2.05, 4.69) is 10.2 Å². The summed E-state index contributed by atoms with van der Waals surface area (Å²) in [7, 11) is 1.86. The summed E-state index contributed by atoms with van der Waals surface area (Å²) in [5.41, 5.74) is 0.276. The molecule has 21 heavy (non-hydrogen) atoms. The average molecular weight is 300 g/mol. The first kappa shape index (κ1) is 16.3. The summed E-state index contributed by atoms with van der Waals surface area (Å²) in [4.78, 5) is 2.17. The van der Waals surface area contributed by atoms with Gasteiger partial charge in [0.05, 0.1) is 0 Å². The molecule has 1 fully saturated rings. The van der Waals surface area contributed by atoms with Crippen molar-refractivity contribution in [1.29, 1.82) is 0 Å². The molecule has 1 aliphatic rings. The van der Waals surface area contributed by atoms with Crippen molar-refractivity contribution < 1.29 is 13.2 Å². The quantitative estimate of drug-likeness (QED) is 0.856. The largest absolute Gasteiger partial charge is 0.319 e. The fourth-order valence-electron chi connectivity index (χ4n) is 3.36. The molecule has 1 aromatic rings. The van der Waals surface area contributed by atoms with Gasteiger partial charge < -0.3 is 5.32 Å². The van der Waals surface area contributed by atoms with Crippen LogP contribution in [-0.2, 0) is 0 Å². The lowest BCUT2D eigenvalue weighted by atomic mass is 9.88. The Morgan fingerprint density at radius 1 is 1.14 bits per heavy atom. The van der Waals surface area contributed by atoms with Crippen LogP contribution in [0.2, 0.25) is 0 Å². The highest BCUT2D eigenvalue weighted by Crippen LogP contribution is 2.36. The van der Waals surface area contributed by atoms with E-state index in [0.29, 0.717) is 6.07 Å². The molecule has 1 aromatic carbocycles. The molecule has 2 nitrogen and oxygen atoms in total. The van der Waals surface area contributed by atoms with E-state index in [1.165, 1.54) is 0 Å². The lowest BCUT2D eigenvalue weighted by Gasteiger charge is -2.35. The molecule has 0 aromatic heterocycles. The lowest BCUT2D eigenvalue weighted by Crippen LogP contribution is -2.37. The van der Waals surface area contributed by atoms with Gasteiger partial charge >= 0.3 is 0 Å². The maximum absolute atomic E-state index is 14.2. The molecule has 2 unspecified atom stereocenters. The Bertz CT molecular complexity index is 479. The zero-order chi connectivity index (χ0) is 15.4. The summed E-state index contributed by atoms with van der Waals surface area (Å²) in [5, 5.41) is 3.14. The normalized spacial score (nSPS) is 24.0. The first-order valence-electron chi connectivity index (χ1n) is 7.61. The molecule has 1 aliphatic heterocycles. The second-order valence-corrected chi connectivity index (χ2v) is 5.67. The first-order chi connectivity index (χ1) is 10.1. The van der Waals surface area contributed by atoms with E-state index >= 15 is 0 Å². The van der Waals surface area contributed by atoms with E-state index in [-0.39, 0.29) is 17.5 Å². The van der Waals surface area contributed by atoms with Gasteiger partial charge in [0.15, 0.2) is 11.6 Å². The summed E-state index contributed by atoms with van der Waals surface area (Å²) < 4.78 is 41.0. The highest BCUT2D eigenvalue weighted by molar-refractivity contribution is 5.24. The predicted octanol–water partition coefficient (Wildman–Crippen LogP) is 3.49. The minimum Gasteiger partial charge on any atom is -0.319 e. The van der Waals surface area contributed by atoms with Crippen molar-refractivity contribution in [2.24, 2.45) is 5.92 Å². The van der Waals surface area contributed by atoms with E-state index in [0.717, 1.165) is 45.0 Å². The van der Waals surface area contributed by atoms with Crippen LogP contribution in [0.1, 0.15) is 37.8 Å². The molecule has 0 amide bonds. The Balaban J connectivity index is 2.44. The second kappa shape index (κ2) is 7.27. The van der Waals surface area contributed by atoms with Crippen molar-refractivity contribution >= 4 is 0 Å². The van der Waals surface area contributed by atoms with Crippen LogP contribution in [-0.4, -0.2) is 31.6 Å². The maximum Gasteiger partial charge on any atom is 0.161 e. The van der Waals surface area contributed by atoms with Gasteiger partial charge in [-0.2, -0.15) is 0 Å². The van der Waals surface area contributed by atoms with Crippen LogP contribution in [0.4, 0.5) is 13.2 Å². The number of benzene rings is 1. The maximum atomic E-state index is 14.2. The van der Waals surface area contributed by atoms with Crippen LogP contribution in [0.15, 0.2) is 12.1 Å². The Hall–Kier alpha value is -1.07. The van der Waals surface area contributed by atoms with Gasteiger partial charge in [0, 0.05) is 17.7 Å². The molecular weight excluding hydrogens is 277 g/mol. The third kappa shape index (κ3) is 3.58. The number of hydrogen-bond acceptors (Lipinski definition) is 2. The van der Waals surface area contributed by atoms with E-state index in [1.54, 1.807) is 0 Å². The van der Waals surface area contributed by atoms with Gasteiger partial charge in [-0.05, 0) is 51.5 Å². The summed E-state index contributed by atoms with van der Waals surface area (Å²) in [6, 6.07) is 1.49. The monoisotopic (exact) mass is 300 g/mol. The van der Waals surface area contributed by atoms with Gasteiger partial charge in [-0.25, -0.2) is 13.2 Å². The molecule has 0 aliphatic carbocycles. The van der Waals surface area contributed by atoms with Crippen LogP contribution in [0.25, 0.3) is 0 Å². The molecule has 1 heterocycles. The van der Waals surface area contributed by atoms with Gasteiger partial charge in [-0.15, -0.1) is 0 Å². The van der Waals surface area contributed by atoms with Crippen molar-refractivity contribution in [2.75, 3.05) is 26.7 Å². The van der Waals surface area contributed by atoms with Crippen molar-refractivity contribution in [2.45, 2.75) is 32.2 Å². The molecule has 0 bridgehead atoms. The van der Waals surface area contributed by atoms with Gasteiger partial charge in [-0.3, -0.25) is 4.90 Å². The minimum atomic E-state index is -1.13. The lowest BCUT2D eigenvalue weighted by molar-refractivity contribution is 0.158. The number of rotatable bonds is 4. The molecule has 0 saturated carbocycles. The molecule has 0 spiro atoms. The van der Waals surface area contributed by atoms with Crippen LogP contribution in [0, 0.1) is 23.4 Å². The number of nitrogens with one attached hydrogen (secondary N) is 1. The summed E-state index contributed by atoms with van der Waals surface area (Å²) in [6.07, 6.45) is 3.08. The Morgan fingerprint density at radius 2 is 1.86 bits per heavy atom. The van der Waals surface area contributed by atoms with E-state index < -0.39 is 17.5 Å². The summed E-state index contributed by atoms with van der Waals surface area (Å²) in [5.74, 6) is -2.56. The van der Waals surface area contributed by atoms with Crippen molar-refractivity contribution in [3.05, 3.63) is 35.1 Å². The number of halogens is 3.